The number of halogens is 8. The summed E-state index contributed by atoms with van der Waals surface area (Å²) >= 11 is 3.89. The molecule has 4 rings (SSSR count). The number of ether oxygens (including phenoxy) is 7. The molecule has 54 heavy (non-hydrogen) atoms. The maximum absolute atomic E-state index is 15.1. The summed E-state index contributed by atoms with van der Waals surface area (Å²) in [5, 5.41) is -4.93. The van der Waals surface area contributed by atoms with E-state index in [4.69, 9.17) is 28.4 Å². The molecule has 304 valence electrons. The minimum Gasteiger partial charge on any atom is -0.356 e. The summed E-state index contributed by atoms with van der Waals surface area (Å²) in [5.41, 5.74) is 1.58. The van der Waals surface area contributed by atoms with Crippen molar-refractivity contribution in [3.8, 4) is 0 Å². The molecule has 0 saturated carbocycles. The molecule has 2 aliphatic rings. The second kappa shape index (κ2) is 19.1. The zero-order valence-electron chi connectivity index (χ0n) is 28.5. The number of methoxy groups -OCH3 is 1. The van der Waals surface area contributed by atoms with Crippen molar-refractivity contribution in [2.45, 2.75) is 87.2 Å². The number of hydrogen-bond acceptors (Lipinski definition) is 12. The number of nitrogens with one attached hydrogen (secondary N) is 1. The molecular formula is C31H36F8NO11PS2. The number of rotatable bonds is 17. The van der Waals surface area contributed by atoms with Crippen molar-refractivity contribution in [3.05, 3.63) is 71.3 Å². The summed E-state index contributed by atoms with van der Waals surface area (Å²) in [5.74, 6) is -7.65. The van der Waals surface area contributed by atoms with Gasteiger partial charge in [0.05, 0.1) is 13.0 Å². The van der Waals surface area contributed by atoms with E-state index < -0.39 is 96.2 Å². The van der Waals surface area contributed by atoms with Gasteiger partial charge in [0.1, 0.15) is 25.1 Å². The van der Waals surface area contributed by atoms with Gasteiger partial charge in [0.25, 0.3) is 0 Å². The smallest absolute Gasteiger partial charge is 0.356 e. The molecule has 1 unspecified atom stereocenters. The van der Waals surface area contributed by atoms with Gasteiger partial charge in [-0.05, 0) is 27.4 Å². The van der Waals surface area contributed by atoms with Gasteiger partial charge in [-0.15, -0.1) is 0 Å². The Balaban J connectivity index is 0.00000385. The standard InChI is InChI=1S/C31H35F8NO11S.HPS/c1-4-45-17-47-24-23-21(16-46-26(49-23)20-8-6-5-7-9-20)48-27(44-3)25(24)50-52(42,43)31(38,39)30(36,37)51-29(34,35)28(32,33)14-22(41)40-15-19-12-10-18(2)11-13-19;1-2/h5-13,21,23-27H,4,14-17H2,1-3H3,(H,40,41);1H/t21-,23-,24+,25+,26?,27-;/m1./s1. The quantitative estimate of drug-likeness (QED) is 0.0698. The molecule has 1 amide bonds. The Bertz CT molecular complexity index is 1620. The van der Waals surface area contributed by atoms with E-state index in [0.717, 1.165) is 12.7 Å². The summed E-state index contributed by atoms with van der Waals surface area (Å²) in [6.45, 7) is 1.91. The normalized spacial score (nSPS) is 23.8. The molecule has 23 heteroatoms. The molecule has 2 saturated heterocycles. The van der Waals surface area contributed by atoms with Gasteiger partial charge in [0.15, 0.2) is 18.7 Å². The highest BCUT2D eigenvalue weighted by Gasteiger charge is 2.75. The van der Waals surface area contributed by atoms with Crippen LogP contribution in [-0.2, 0) is 70.6 Å². The van der Waals surface area contributed by atoms with Crippen LogP contribution < -0.4 is 5.32 Å². The molecule has 2 fully saturated rings. The van der Waals surface area contributed by atoms with Gasteiger partial charge in [0.2, 0.25) is 5.91 Å². The fourth-order valence-corrected chi connectivity index (χ4v) is 5.89. The van der Waals surface area contributed by atoms with Crippen molar-refractivity contribution in [3.63, 3.8) is 0 Å². The number of carbonyl (C=O) groups is 1. The largest absolute Gasteiger partial charge is 0.460 e. The van der Waals surface area contributed by atoms with Crippen LogP contribution in [0.15, 0.2) is 54.6 Å². The van der Waals surface area contributed by atoms with E-state index in [1.165, 1.54) is 19.1 Å². The highest BCUT2D eigenvalue weighted by Crippen LogP contribution is 2.49. The van der Waals surface area contributed by atoms with E-state index in [2.05, 4.69) is 28.7 Å². The van der Waals surface area contributed by atoms with Crippen LogP contribution in [0.4, 0.5) is 35.1 Å². The average molecular weight is 846 g/mol. The maximum Gasteiger partial charge on any atom is 0.460 e. The first-order valence-corrected chi connectivity index (χ1v) is 18.7. The van der Waals surface area contributed by atoms with Gasteiger partial charge in [-0.2, -0.15) is 43.5 Å². The topological polar surface area (TPSA) is 137 Å². The third kappa shape index (κ3) is 10.9. The Morgan fingerprint density at radius 3 is 2.17 bits per heavy atom. The molecule has 0 radical (unpaired) electrons. The van der Waals surface area contributed by atoms with Crippen LogP contribution in [0.1, 0.15) is 36.3 Å². The zero-order valence-corrected chi connectivity index (χ0v) is 31.2. The number of fused-ring (bicyclic) bond motifs is 1. The fraction of sp³-hybridized carbons (Fsp3) is 0.581. The Labute approximate surface area is 312 Å². The minimum absolute atomic E-state index is 0.0281. The highest BCUT2D eigenvalue weighted by molar-refractivity contribution is 7.88. The molecule has 2 heterocycles. The third-order valence-corrected chi connectivity index (χ3v) is 9.04. The van der Waals surface area contributed by atoms with E-state index >= 15 is 8.78 Å². The third-order valence-electron chi connectivity index (χ3n) is 7.70. The summed E-state index contributed by atoms with van der Waals surface area (Å²) in [6, 6.07) is 14.2. The Kier molecular flexibility index (Phi) is 16.2. The molecule has 1 N–H and O–H groups in total. The second-order valence-electron chi connectivity index (χ2n) is 11.5. The predicted molar refractivity (Wildman–Crippen MR) is 175 cm³/mol. The van der Waals surface area contributed by atoms with Gasteiger partial charge in [-0.1, -0.05) is 72.0 Å². The first kappa shape index (κ1) is 45.9. The second-order valence-corrected chi connectivity index (χ2v) is 13.1. The molecule has 2 aromatic rings. The van der Waals surface area contributed by atoms with E-state index in [1.54, 1.807) is 49.4 Å². The van der Waals surface area contributed by atoms with Crippen LogP contribution in [-0.4, -0.2) is 95.5 Å². The van der Waals surface area contributed by atoms with Gasteiger partial charge in [-0.3, -0.25) is 8.98 Å². The lowest BCUT2D eigenvalue weighted by molar-refractivity contribution is -0.455. The molecule has 2 aromatic carbocycles. The zero-order chi connectivity index (χ0) is 40.5. The van der Waals surface area contributed by atoms with Crippen molar-refractivity contribution in [2.24, 2.45) is 0 Å². The maximum atomic E-state index is 15.1. The number of aryl methyl sites for hydroxylation is 1. The molecule has 0 bridgehead atoms. The first-order valence-electron chi connectivity index (χ1n) is 15.6. The summed E-state index contributed by atoms with van der Waals surface area (Å²) in [6.07, 6.45) is -25.9. The van der Waals surface area contributed by atoms with Crippen LogP contribution in [0.2, 0.25) is 0 Å². The Hall–Kier alpha value is -2.50. The number of hydrogen-bond donors (Lipinski definition) is 1. The average Bonchev–Trinajstić information content (AvgIpc) is 3.12. The van der Waals surface area contributed by atoms with E-state index in [9.17, 15) is 39.6 Å². The molecular weight excluding hydrogens is 809 g/mol. The van der Waals surface area contributed by atoms with Crippen molar-refractivity contribution in [1.82, 2.24) is 5.32 Å². The lowest BCUT2D eigenvalue weighted by Gasteiger charge is -2.48. The number of amides is 1. The summed E-state index contributed by atoms with van der Waals surface area (Å²) < 4.78 is 183. The molecule has 6 atom stereocenters. The van der Waals surface area contributed by atoms with Crippen molar-refractivity contribution < 1.29 is 85.7 Å². The number of alkyl halides is 8. The molecule has 0 aromatic heterocycles. The van der Waals surface area contributed by atoms with Gasteiger partial charge < -0.3 is 33.7 Å². The molecule has 12 nitrogen and oxygen atoms in total. The van der Waals surface area contributed by atoms with Gasteiger partial charge in [0, 0.05) is 25.8 Å². The van der Waals surface area contributed by atoms with E-state index in [1.807, 2.05) is 5.32 Å². The van der Waals surface area contributed by atoms with Crippen LogP contribution in [0.5, 0.6) is 0 Å². The molecule has 0 spiro atoms. The summed E-state index contributed by atoms with van der Waals surface area (Å²) in [4.78, 5) is 12.0. The highest BCUT2D eigenvalue weighted by atomic mass is 32.4. The van der Waals surface area contributed by atoms with Crippen LogP contribution >= 0.6 is 8.02 Å². The lowest BCUT2D eigenvalue weighted by atomic mass is 9.97. The Morgan fingerprint density at radius 1 is 0.944 bits per heavy atom. The van der Waals surface area contributed by atoms with Gasteiger partial charge in [-0.25, -0.2) is 4.74 Å². The Morgan fingerprint density at radius 2 is 1.57 bits per heavy atom. The molecule has 2 aliphatic heterocycles. The monoisotopic (exact) mass is 845 g/mol. The van der Waals surface area contributed by atoms with Crippen molar-refractivity contribution in [2.75, 3.05) is 27.1 Å². The summed E-state index contributed by atoms with van der Waals surface area (Å²) in [7, 11) is -3.70. The van der Waals surface area contributed by atoms with Crippen molar-refractivity contribution >= 4 is 35.8 Å². The van der Waals surface area contributed by atoms with Crippen LogP contribution in [0.25, 0.3) is 0 Å². The predicted octanol–water partition coefficient (Wildman–Crippen LogP) is 5.60. The first-order chi connectivity index (χ1) is 25.2. The number of benzene rings is 2. The fourth-order valence-electron chi connectivity index (χ4n) is 4.94. The molecule has 0 aliphatic carbocycles. The van der Waals surface area contributed by atoms with Gasteiger partial charge >= 0.3 is 33.5 Å². The number of carbonyl (C=O) groups excluding carboxylic acids is 1. The minimum atomic E-state index is -7.14. The SMILES string of the molecule is CCOCO[C@@H]1[C@H](OS(=O)(=O)C(F)(F)C(F)(F)OC(F)(F)C(F)(F)CC(=O)NCc2ccc(C)cc2)[C@H](OC)O[C@@H]2COC(c3ccccc3)O[C@@H]12.P=S. The van der Waals surface area contributed by atoms with E-state index in [-0.39, 0.29) is 13.2 Å². The van der Waals surface area contributed by atoms with Crippen LogP contribution in [0, 0.1) is 6.92 Å². The van der Waals surface area contributed by atoms with E-state index in [0.29, 0.717) is 11.1 Å². The lowest BCUT2D eigenvalue weighted by Crippen LogP contribution is -2.65. The van der Waals surface area contributed by atoms with Crippen LogP contribution in [0.3, 0.4) is 0 Å². The van der Waals surface area contributed by atoms with Crippen molar-refractivity contribution in [1.29, 1.82) is 0 Å².